The minimum atomic E-state index is -1.19. The van der Waals surface area contributed by atoms with Gasteiger partial charge >= 0.3 is 5.97 Å². The summed E-state index contributed by atoms with van der Waals surface area (Å²) in [4.78, 5) is 27.6. The first-order valence-electron chi connectivity index (χ1n) is 5.13. The topological polar surface area (TPSA) is 56.3 Å². The zero-order valence-electron chi connectivity index (χ0n) is 9.69. The van der Waals surface area contributed by atoms with Crippen molar-refractivity contribution < 1.29 is 14.3 Å². The van der Waals surface area contributed by atoms with E-state index in [0.29, 0.717) is 0 Å². The predicted octanol–water partition coefficient (Wildman–Crippen LogP) is 1.85. The molecule has 86 valence electrons. The van der Waals surface area contributed by atoms with Crippen LogP contribution in [0.2, 0.25) is 0 Å². The molecule has 0 saturated heterocycles. The van der Waals surface area contributed by atoms with Crippen molar-refractivity contribution in [2.24, 2.45) is 5.41 Å². The van der Waals surface area contributed by atoms with Crippen LogP contribution in [0, 0.1) is 5.41 Å². The molecule has 0 aliphatic rings. The van der Waals surface area contributed by atoms with Gasteiger partial charge in [-0.3, -0.25) is 14.6 Å². The zero-order chi connectivity index (χ0) is 12.2. The SMILES string of the molecule is CCOC(=O)C(C)(C)C(=O)c1ccccn1. The Morgan fingerprint density at radius 1 is 1.38 bits per heavy atom. The molecule has 0 saturated carbocycles. The first-order chi connectivity index (χ1) is 7.50. The highest BCUT2D eigenvalue weighted by molar-refractivity contribution is 6.10. The second kappa shape index (κ2) is 4.88. The number of carbonyl (C=O) groups is 2. The number of rotatable bonds is 4. The maximum Gasteiger partial charge on any atom is 0.319 e. The van der Waals surface area contributed by atoms with Crippen LogP contribution >= 0.6 is 0 Å². The Morgan fingerprint density at radius 2 is 2.06 bits per heavy atom. The zero-order valence-corrected chi connectivity index (χ0v) is 9.69. The molecule has 4 heteroatoms. The molecule has 1 aromatic heterocycles. The number of pyridine rings is 1. The molecule has 16 heavy (non-hydrogen) atoms. The van der Waals surface area contributed by atoms with Crippen molar-refractivity contribution in [1.82, 2.24) is 4.98 Å². The summed E-state index contributed by atoms with van der Waals surface area (Å²) in [6, 6.07) is 5.01. The van der Waals surface area contributed by atoms with E-state index < -0.39 is 11.4 Å². The van der Waals surface area contributed by atoms with Crippen LogP contribution in [0.3, 0.4) is 0 Å². The maximum absolute atomic E-state index is 12.0. The monoisotopic (exact) mass is 221 g/mol. The molecule has 0 N–H and O–H groups in total. The van der Waals surface area contributed by atoms with Gasteiger partial charge in [0.25, 0.3) is 0 Å². The molecule has 0 bridgehead atoms. The molecule has 0 radical (unpaired) electrons. The van der Waals surface area contributed by atoms with Gasteiger partial charge in [-0.25, -0.2) is 0 Å². The Balaban J connectivity index is 2.92. The van der Waals surface area contributed by atoms with Crippen molar-refractivity contribution in [3.05, 3.63) is 30.1 Å². The summed E-state index contributed by atoms with van der Waals surface area (Å²) in [5.74, 6) is -0.850. The normalized spacial score (nSPS) is 10.9. The van der Waals surface area contributed by atoms with Crippen LogP contribution in [-0.4, -0.2) is 23.3 Å². The van der Waals surface area contributed by atoms with Gasteiger partial charge in [0.15, 0.2) is 5.78 Å². The average Bonchev–Trinajstić information content (AvgIpc) is 2.29. The quantitative estimate of drug-likeness (QED) is 0.442. The Morgan fingerprint density at radius 3 is 2.56 bits per heavy atom. The lowest BCUT2D eigenvalue weighted by Crippen LogP contribution is -2.35. The number of ketones is 1. The van der Waals surface area contributed by atoms with E-state index >= 15 is 0 Å². The van der Waals surface area contributed by atoms with E-state index in [1.54, 1.807) is 39.0 Å². The van der Waals surface area contributed by atoms with E-state index in [4.69, 9.17) is 4.74 Å². The van der Waals surface area contributed by atoms with Gasteiger partial charge in [-0.15, -0.1) is 0 Å². The molecule has 0 atom stereocenters. The number of Topliss-reactive ketones (excluding diaryl/α,β-unsaturated/α-hetero) is 1. The first-order valence-corrected chi connectivity index (χ1v) is 5.13. The molecule has 0 aliphatic heterocycles. The van der Waals surface area contributed by atoms with Crippen LogP contribution < -0.4 is 0 Å². The Labute approximate surface area is 94.6 Å². The highest BCUT2D eigenvalue weighted by atomic mass is 16.5. The molecular weight excluding hydrogens is 206 g/mol. The van der Waals surface area contributed by atoms with Crippen LogP contribution in [0.25, 0.3) is 0 Å². The number of hydrogen-bond donors (Lipinski definition) is 0. The summed E-state index contributed by atoms with van der Waals surface area (Å²) in [7, 11) is 0. The molecule has 0 aliphatic carbocycles. The summed E-state index contributed by atoms with van der Waals surface area (Å²) in [5, 5.41) is 0. The van der Waals surface area contributed by atoms with Crippen molar-refractivity contribution in [3.8, 4) is 0 Å². The van der Waals surface area contributed by atoms with Crippen molar-refractivity contribution in [2.75, 3.05) is 6.61 Å². The molecule has 0 fully saturated rings. The summed E-state index contributed by atoms with van der Waals surface area (Å²) in [6.07, 6.45) is 1.52. The van der Waals surface area contributed by atoms with Crippen LogP contribution in [0.5, 0.6) is 0 Å². The number of ether oxygens (including phenoxy) is 1. The fraction of sp³-hybridized carbons (Fsp3) is 0.417. The Bertz CT molecular complexity index is 385. The maximum atomic E-state index is 12.0. The second-order valence-electron chi connectivity index (χ2n) is 3.89. The molecule has 0 spiro atoms. The third-order valence-corrected chi connectivity index (χ3v) is 2.25. The second-order valence-corrected chi connectivity index (χ2v) is 3.89. The van der Waals surface area contributed by atoms with Crippen LogP contribution in [-0.2, 0) is 9.53 Å². The van der Waals surface area contributed by atoms with Gasteiger partial charge in [0.1, 0.15) is 11.1 Å². The van der Waals surface area contributed by atoms with Crippen molar-refractivity contribution in [3.63, 3.8) is 0 Å². The molecule has 1 heterocycles. The highest BCUT2D eigenvalue weighted by Crippen LogP contribution is 2.22. The van der Waals surface area contributed by atoms with Gasteiger partial charge in [-0.1, -0.05) is 6.07 Å². The molecule has 4 nitrogen and oxygen atoms in total. The van der Waals surface area contributed by atoms with Gasteiger partial charge in [-0.2, -0.15) is 0 Å². The van der Waals surface area contributed by atoms with Gasteiger partial charge in [-0.05, 0) is 32.9 Å². The van der Waals surface area contributed by atoms with Crippen LogP contribution in [0.4, 0.5) is 0 Å². The number of esters is 1. The van der Waals surface area contributed by atoms with E-state index in [-0.39, 0.29) is 18.1 Å². The summed E-state index contributed by atoms with van der Waals surface area (Å²) < 4.78 is 4.86. The lowest BCUT2D eigenvalue weighted by atomic mass is 9.86. The molecule has 1 aromatic rings. The van der Waals surface area contributed by atoms with Crippen molar-refractivity contribution in [1.29, 1.82) is 0 Å². The molecule has 0 unspecified atom stereocenters. The van der Waals surface area contributed by atoms with E-state index in [0.717, 1.165) is 0 Å². The van der Waals surface area contributed by atoms with E-state index in [1.165, 1.54) is 6.20 Å². The lowest BCUT2D eigenvalue weighted by Gasteiger charge is -2.19. The van der Waals surface area contributed by atoms with Gasteiger partial charge in [0, 0.05) is 6.20 Å². The number of carbonyl (C=O) groups excluding carboxylic acids is 2. The fourth-order valence-electron chi connectivity index (χ4n) is 1.22. The molecule has 0 amide bonds. The summed E-state index contributed by atoms with van der Waals surface area (Å²) in [6.45, 7) is 5.06. The van der Waals surface area contributed by atoms with Gasteiger partial charge in [0.05, 0.1) is 6.61 Å². The smallest absolute Gasteiger partial charge is 0.319 e. The minimum Gasteiger partial charge on any atom is -0.465 e. The third kappa shape index (κ3) is 2.45. The van der Waals surface area contributed by atoms with Crippen LogP contribution in [0.1, 0.15) is 31.3 Å². The standard InChI is InChI=1S/C12H15NO3/c1-4-16-11(15)12(2,3)10(14)9-7-5-6-8-13-9/h5-8H,4H2,1-3H3. The average molecular weight is 221 g/mol. The van der Waals surface area contributed by atoms with E-state index in [1.807, 2.05) is 0 Å². The third-order valence-electron chi connectivity index (χ3n) is 2.25. The number of aromatic nitrogens is 1. The minimum absolute atomic E-state index is 0.262. The summed E-state index contributed by atoms with van der Waals surface area (Å²) >= 11 is 0. The largest absolute Gasteiger partial charge is 0.465 e. The van der Waals surface area contributed by atoms with Gasteiger partial charge < -0.3 is 4.74 Å². The number of hydrogen-bond acceptors (Lipinski definition) is 4. The Hall–Kier alpha value is -1.71. The van der Waals surface area contributed by atoms with E-state index in [9.17, 15) is 9.59 Å². The predicted molar refractivity (Wildman–Crippen MR) is 59.0 cm³/mol. The van der Waals surface area contributed by atoms with Crippen molar-refractivity contribution in [2.45, 2.75) is 20.8 Å². The van der Waals surface area contributed by atoms with E-state index in [2.05, 4.69) is 4.98 Å². The van der Waals surface area contributed by atoms with Gasteiger partial charge in [0.2, 0.25) is 0 Å². The van der Waals surface area contributed by atoms with Crippen molar-refractivity contribution >= 4 is 11.8 Å². The van der Waals surface area contributed by atoms with Crippen LogP contribution in [0.15, 0.2) is 24.4 Å². The summed E-state index contributed by atoms with van der Waals surface area (Å²) in [5.41, 5.74) is -0.912. The fourth-order valence-corrected chi connectivity index (χ4v) is 1.22. The molecular formula is C12H15NO3. The first kappa shape index (κ1) is 12.4. The molecule has 0 aromatic carbocycles. The number of nitrogens with zero attached hydrogens (tertiary/aromatic N) is 1. The highest BCUT2D eigenvalue weighted by Gasteiger charge is 2.38. The Kier molecular flexibility index (Phi) is 3.77. The lowest BCUT2D eigenvalue weighted by molar-refractivity contribution is -0.150. The molecule has 1 rings (SSSR count).